The van der Waals surface area contributed by atoms with Crippen molar-refractivity contribution in [2.75, 3.05) is 7.11 Å². The fourth-order valence-corrected chi connectivity index (χ4v) is 2.38. The van der Waals surface area contributed by atoms with Crippen LogP contribution in [0.2, 0.25) is 10.0 Å². The van der Waals surface area contributed by atoms with Crippen molar-refractivity contribution in [2.24, 2.45) is 0 Å². The normalized spacial score (nSPS) is 10.3. The number of aryl methyl sites for hydroxylation is 1. The highest BCUT2D eigenvalue weighted by Gasteiger charge is 2.13. The van der Waals surface area contributed by atoms with E-state index in [-0.39, 0.29) is 5.78 Å². The summed E-state index contributed by atoms with van der Waals surface area (Å²) < 4.78 is 5.12. The second kappa shape index (κ2) is 5.64. The van der Waals surface area contributed by atoms with Crippen LogP contribution in [-0.4, -0.2) is 12.9 Å². The predicted octanol–water partition coefficient (Wildman–Crippen LogP) is 4.54. The lowest BCUT2D eigenvalue weighted by Crippen LogP contribution is -2.04. The lowest BCUT2D eigenvalue weighted by molar-refractivity contribution is 0.103. The van der Waals surface area contributed by atoms with Gasteiger partial charge in [0.25, 0.3) is 0 Å². The van der Waals surface area contributed by atoms with Gasteiger partial charge >= 0.3 is 0 Å². The minimum absolute atomic E-state index is 0.107. The second-order valence-corrected chi connectivity index (χ2v) is 5.04. The van der Waals surface area contributed by atoms with E-state index in [1.165, 1.54) is 0 Å². The highest BCUT2D eigenvalue weighted by Crippen LogP contribution is 2.24. The van der Waals surface area contributed by atoms with Crippen LogP contribution in [0.3, 0.4) is 0 Å². The van der Waals surface area contributed by atoms with E-state index >= 15 is 0 Å². The van der Waals surface area contributed by atoms with Crippen LogP contribution in [0.1, 0.15) is 21.5 Å². The van der Waals surface area contributed by atoms with Gasteiger partial charge in [-0.25, -0.2) is 0 Å². The van der Waals surface area contributed by atoms with E-state index in [0.29, 0.717) is 21.2 Å². The largest absolute Gasteiger partial charge is 0.497 e. The summed E-state index contributed by atoms with van der Waals surface area (Å²) in [6, 6.07) is 10.1. The molecule has 0 atom stereocenters. The van der Waals surface area contributed by atoms with Crippen molar-refractivity contribution >= 4 is 29.0 Å². The summed E-state index contributed by atoms with van der Waals surface area (Å²) in [6.45, 7) is 1.86. The summed E-state index contributed by atoms with van der Waals surface area (Å²) in [4.78, 5) is 12.4. The van der Waals surface area contributed by atoms with Gasteiger partial charge in [-0.3, -0.25) is 4.79 Å². The Hall–Kier alpha value is -1.51. The summed E-state index contributed by atoms with van der Waals surface area (Å²) >= 11 is 11.8. The van der Waals surface area contributed by atoms with Crippen molar-refractivity contribution in [1.82, 2.24) is 0 Å². The van der Waals surface area contributed by atoms with E-state index < -0.39 is 0 Å². The molecule has 0 aliphatic heterocycles. The van der Waals surface area contributed by atoms with Crippen LogP contribution in [-0.2, 0) is 0 Å². The lowest BCUT2D eigenvalue weighted by Gasteiger charge is -2.08. The van der Waals surface area contributed by atoms with E-state index in [1.807, 2.05) is 13.0 Å². The summed E-state index contributed by atoms with van der Waals surface area (Å²) in [5, 5.41) is 0.893. The SMILES string of the molecule is COc1ccc(C(=O)c2cc(Cl)cc(Cl)c2)c(C)c1. The van der Waals surface area contributed by atoms with E-state index in [9.17, 15) is 4.79 Å². The molecule has 19 heavy (non-hydrogen) atoms. The van der Waals surface area contributed by atoms with Gasteiger partial charge in [0.05, 0.1) is 7.11 Å². The standard InChI is InChI=1S/C15H12Cl2O2/c1-9-5-13(19-2)3-4-14(9)15(18)10-6-11(16)8-12(17)7-10/h3-8H,1-2H3. The average Bonchev–Trinajstić information content (AvgIpc) is 2.36. The molecule has 0 aromatic heterocycles. The van der Waals surface area contributed by atoms with Crippen molar-refractivity contribution in [2.45, 2.75) is 6.92 Å². The zero-order chi connectivity index (χ0) is 14.0. The Balaban J connectivity index is 2.44. The molecule has 0 aliphatic rings. The quantitative estimate of drug-likeness (QED) is 0.777. The monoisotopic (exact) mass is 294 g/mol. The van der Waals surface area contributed by atoms with Gasteiger partial charge in [-0.1, -0.05) is 23.2 Å². The number of halogens is 2. The van der Waals surface area contributed by atoms with Gasteiger partial charge < -0.3 is 4.74 Å². The number of carbonyl (C=O) groups is 1. The molecule has 0 amide bonds. The summed E-state index contributed by atoms with van der Waals surface area (Å²) in [5.74, 6) is 0.614. The molecule has 98 valence electrons. The molecule has 0 bridgehead atoms. The molecule has 2 aromatic rings. The van der Waals surface area contributed by atoms with Gasteiger partial charge in [0.15, 0.2) is 5.78 Å². The minimum atomic E-state index is -0.107. The van der Waals surface area contributed by atoms with Crippen molar-refractivity contribution in [3.8, 4) is 5.75 Å². The minimum Gasteiger partial charge on any atom is -0.497 e. The zero-order valence-electron chi connectivity index (χ0n) is 10.5. The molecule has 0 spiro atoms. The third kappa shape index (κ3) is 3.09. The van der Waals surface area contributed by atoms with Gasteiger partial charge in [0.2, 0.25) is 0 Å². The number of benzene rings is 2. The maximum absolute atomic E-state index is 12.4. The Morgan fingerprint density at radius 2 is 1.68 bits per heavy atom. The van der Waals surface area contributed by atoms with Gasteiger partial charge in [0, 0.05) is 21.2 Å². The first-order valence-corrected chi connectivity index (χ1v) is 6.42. The van der Waals surface area contributed by atoms with Crippen LogP contribution >= 0.6 is 23.2 Å². The van der Waals surface area contributed by atoms with Crippen molar-refractivity contribution in [3.63, 3.8) is 0 Å². The van der Waals surface area contributed by atoms with Gasteiger partial charge in [-0.05, 0) is 48.9 Å². The van der Waals surface area contributed by atoms with Crippen LogP contribution < -0.4 is 4.74 Å². The molecular formula is C15H12Cl2O2. The smallest absolute Gasteiger partial charge is 0.193 e. The molecule has 0 radical (unpaired) electrons. The zero-order valence-corrected chi connectivity index (χ0v) is 12.0. The molecule has 2 rings (SSSR count). The van der Waals surface area contributed by atoms with E-state index in [2.05, 4.69) is 0 Å². The number of ether oxygens (including phenoxy) is 1. The van der Waals surface area contributed by atoms with Crippen LogP contribution in [0.4, 0.5) is 0 Å². The average molecular weight is 295 g/mol. The molecule has 0 heterocycles. The molecule has 2 aromatic carbocycles. The number of methoxy groups -OCH3 is 1. The first-order chi connectivity index (χ1) is 9.01. The van der Waals surface area contributed by atoms with Crippen molar-refractivity contribution < 1.29 is 9.53 Å². The Morgan fingerprint density at radius 1 is 1.05 bits per heavy atom. The van der Waals surface area contributed by atoms with Crippen molar-refractivity contribution in [3.05, 3.63) is 63.1 Å². The molecule has 2 nitrogen and oxygen atoms in total. The molecule has 0 N–H and O–H groups in total. The number of rotatable bonds is 3. The maximum Gasteiger partial charge on any atom is 0.193 e. The number of hydrogen-bond donors (Lipinski definition) is 0. The Morgan fingerprint density at radius 3 is 2.21 bits per heavy atom. The fourth-order valence-electron chi connectivity index (χ4n) is 1.86. The molecule has 4 heteroatoms. The first-order valence-electron chi connectivity index (χ1n) is 5.66. The molecular weight excluding hydrogens is 283 g/mol. The molecule has 0 saturated carbocycles. The van der Waals surface area contributed by atoms with E-state index in [0.717, 1.165) is 11.3 Å². The van der Waals surface area contributed by atoms with Crippen LogP contribution in [0.25, 0.3) is 0 Å². The topological polar surface area (TPSA) is 26.3 Å². The summed E-state index contributed by atoms with van der Waals surface area (Å²) in [7, 11) is 1.59. The van der Waals surface area contributed by atoms with E-state index in [4.69, 9.17) is 27.9 Å². The molecule has 0 fully saturated rings. The predicted molar refractivity (Wildman–Crippen MR) is 77.6 cm³/mol. The Bertz CT molecular complexity index is 616. The van der Waals surface area contributed by atoms with E-state index in [1.54, 1.807) is 37.4 Å². The van der Waals surface area contributed by atoms with Crippen LogP contribution in [0, 0.1) is 6.92 Å². The lowest BCUT2D eigenvalue weighted by atomic mass is 9.99. The molecule has 0 saturated heterocycles. The number of hydrogen-bond acceptors (Lipinski definition) is 2. The third-order valence-corrected chi connectivity index (χ3v) is 3.24. The first kappa shape index (κ1) is 13.9. The number of carbonyl (C=O) groups excluding carboxylic acids is 1. The highest BCUT2D eigenvalue weighted by atomic mass is 35.5. The van der Waals surface area contributed by atoms with Crippen molar-refractivity contribution in [1.29, 1.82) is 0 Å². The Kier molecular flexibility index (Phi) is 4.13. The fraction of sp³-hybridized carbons (Fsp3) is 0.133. The van der Waals surface area contributed by atoms with Crippen LogP contribution in [0.15, 0.2) is 36.4 Å². The summed E-state index contributed by atoms with van der Waals surface area (Å²) in [5.41, 5.74) is 1.94. The van der Waals surface area contributed by atoms with Gasteiger partial charge in [0.1, 0.15) is 5.75 Å². The van der Waals surface area contributed by atoms with Gasteiger partial charge in [-0.2, -0.15) is 0 Å². The molecule has 0 unspecified atom stereocenters. The summed E-state index contributed by atoms with van der Waals surface area (Å²) in [6.07, 6.45) is 0. The number of ketones is 1. The maximum atomic E-state index is 12.4. The molecule has 0 aliphatic carbocycles. The second-order valence-electron chi connectivity index (χ2n) is 4.17. The van der Waals surface area contributed by atoms with Gasteiger partial charge in [-0.15, -0.1) is 0 Å². The Labute approximate surface area is 121 Å². The third-order valence-electron chi connectivity index (χ3n) is 2.80. The highest BCUT2D eigenvalue weighted by molar-refractivity contribution is 6.35. The van der Waals surface area contributed by atoms with Crippen LogP contribution in [0.5, 0.6) is 5.75 Å².